The van der Waals surface area contributed by atoms with Crippen molar-refractivity contribution in [2.45, 2.75) is 23.8 Å². The number of carbonyl (C=O) groups excluding carboxylic acids is 1. The summed E-state index contributed by atoms with van der Waals surface area (Å²) in [5.74, 6) is 0. The molecule has 0 aliphatic heterocycles. The van der Waals surface area contributed by atoms with Crippen molar-refractivity contribution in [3.8, 4) is 0 Å². The van der Waals surface area contributed by atoms with Gasteiger partial charge in [-0.2, -0.15) is 0 Å². The Hall–Kier alpha value is -1.18. The van der Waals surface area contributed by atoms with Gasteiger partial charge in [-0.15, -0.1) is 0 Å². The van der Waals surface area contributed by atoms with Gasteiger partial charge in [0.05, 0.1) is 15.7 Å². The van der Waals surface area contributed by atoms with Crippen molar-refractivity contribution in [1.82, 2.24) is 10.0 Å². The van der Waals surface area contributed by atoms with Gasteiger partial charge in [-0.25, -0.2) is 17.9 Å². The van der Waals surface area contributed by atoms with Crippen LogP contribution in [0.5, 0.6) is 0 Å². The van der Waals surface area contributed by atoms with Crippen LogP contribution in [0.1, 0.15) is 12.8 Å². The van der Waals surface area contributed by atoms with E-state index in [9.17, 15) is 13.2 Å². The number of halogens is 2. The molecule has 0 bridgehead atoms. The van der Waals surface area contributed by atoms with E-state index in [-0.39, 0.29) is 26.7 Å². The van der Waals surface area contributed by atoms with E-state index in [1.807, 2.05) is 4.72 Å². The standard InChI is InChI=1S/C10H11Cl2N3O3S/c11-6-3-4-7(8(12)9(6)13)19(17,18)15-10(16)14-5-1-2-5/h3-5H,1-2,13H2,(H2,14,15,16). The van der Waals surface area contributed by atoms with Crippen molar-refractivity contribution in [2.75, 3.05) is 5.73 Å². The predicted octanol–water partition coefficient (Wildman–Crippen LogP) is 1.73. The number of nitrogens with one attached hydrogen (secondary N) is 2. The largest absolute Gasteiger partial charge is 0.396 e. The van der Waals surface area contributed by atoms with Crippen LogP contribution in [0.15, 0.2) is 17.0 Å². The number of carbonyl (C=O) groups is 1. The first kappa shape index (κ1) is 14.2. The zero-order chi connectivity index (χ0) is 14.2. The minimum atomic E-state index is -4.08. The van der Waals surface area contributed by atoms with E-state index in [0.29, 0.717) is 0 Å². The van der Waals surface area contributed by atoms with E-state index in [1.165, 1.54) is 12.1 Å². The zero-order valence-electron chi connectivity index (χ0n) is 9.61. The van der Waals surface area contributed by atoms with Gasteiger partial charge in [-0.3, -0.25) is 0 Å². The smallest absolute Gasteiger partial charge is 0.328 e. The lowest BCUT2D eigenvalue weighted by Gasteiger charge is -2.11. The van der Waals surface area contributed by atoms with Crippen LogP contribution in [0.4, 0.5) is 10.5 Å². The molecule has 0 radical (unpaired) electrons. The molecule has 0 spiro atoms. The molecule has 0 heterocycles. The van der Waals surface area contributed by atoms with Crippen molar-refractivity contribution in [1.29, 1.82) is 0 Å². The van der Waals surface area contributed by atoms with Crippen LogP contribution in [0, 0.1) is 0 Å². The highest BCUT2D eigenvalue weighted by molar-refractivity contribution is 7.90. The van der Waals surface area contributed by atoms with Crippen molar-refractivity contribution in [2.24, 2.45) is 0 Å². The lowest BCUT2D eigenvalue weighted by atomic mass is 10.3. The second-order valence-electron chi connectivity index (χ2n) is 4.13. The van der Waals surface area contributed by atoms with Crippen molar-refractivity contribution >= 4 is 44.9 Å². The molecule has 2 rings (SSSR count). The molecule has 1 aromatic carbocycles. The van der Waals surface area contributed by atoms with Gasteiger partial charge in [0.15, 0.2) is 0 Å². The Bertz CT molecular complexity index is 629. The second-order valence-corrected chi connectivity index (χ2v) is 6.56. The summed E-state index contributed by atoms with van der Waals surface area (Å²) in [4.78, 5) is 11.2. The highest BCUT2D eigenvalue weighted by Crippen LogP contribution is 2.32. The van der Waals surface area contributed by atoms with Crippen LogP contribution in [0.25, 0.3) is 0 Å². The summed E-state index contributed by atoms with van der Waals surface area (Å²) in [6, 6.07) is 1.75. The van der Waals surface area contributed by atoms with E-state index in [4.69, 9.17) is 28.9 Å². The van der Waals surface area contributed by atoms with Crippen LogP contribution in [0.2, 0.25) is 10.0 Å². The summed E-state index contributed by atoms with van der Waals surface area (Å²) < 4.78 is 25.8. The number of rotatable bonds is 3. The molecule has 6 nitrogen and oxygen atoms in total. The fourth-order valence-corrected chi connectivity index (χ4v) is 3.06. The SMILES string of the molecule is Nc1c(Cl)ccc(S(=O)(=O)NC(=O)NC2CC2)c1Cl. The van der Waals surface area contributed by atoms with Crippen LogP contribution in [-0.2, 0) is 10.0 Å². The number of anilines is 1. The van der Waals surface area contributed by atoms with E-state index >= 15 is 0 Å². The number of hydrogen-bond acceptors (Lipinski definition) is 4. The summed E-state index contributed by atoms with van der Waals surface area (Å²) in [7, 11) is -4.08. The highest BCUT2D eigenvalue weighted by Gasteiger charge is 2.27. The maximum atomic E-state index is 12.0. The number of nitrogens with two attached hydrogens (primary N) is 1. The molecule has 4 N–H and O–H groups in total. The number of amides is 2. The van der Waals surface area contributed by atoms with E-state index in [1.54, 1.807) is 0 Å². The molecule has 1 aliphatic carbocycles. The number of sulfonamides is 1. The molecule has 1 aromatic rings. The fourth-order valence-electron chi connectivity index (χ4n) is 1.38. The first-order valence-corrected chi connectivity index (χ1v) is 7.62. The number of nitrogen functional groups attached to an aromatic ring is 1. The van der Waals surface area contributed by atoms with Crippen molar-refractivity contribution in [3.05, 3.63) is 22.2 Å². The molecule has 1 aliphatic rings. The minimum absolute atomic E-state index is 0.0426. The Morgan fingerprint density at radius 1 is 1.32 bits per heavy atom. The van der Waals surface area contributed by atoms with Gasteiger partial charge in [-0.1, -0.05) is 23.2 Å². The molecule has 9 heteroatoms. The first-order valence-electron chi connectivity index (χ1n) is 5.38. The lowest BCUT2D eigenvalue weighted by molar-refractivity contribution is 0.245. The van der Waals surface area contributed by atoms with E-state index < -0.39 is 16.1 Å². The summed E-state index contributed by atoms with van der Waals surface area (Å²) >= 11 is 11.5. The number of benzene rings is 1. The Labute approximate surface area is 120 Å². The number of urea groups is 1. The molecule has 1 fully saturated rings. The Morgan fingerprint density at radius 2 is 1.95 bits per heavy atom. The van der Waals surface area contributed by atoms with Gasteiger partial charge < -0.3 is 11.1 Å². The molecule has 2 amide bonds. The van der Waals surface area contributed by atoms with Crippen LogP contribution in [-0.4, -0.2) is 20.5 Å². The average molecular weight is 324 g/mol. The van der Waals surface area contributed by atoms with Gasteiger partial charge in [0.25, 0.3) is 10.0 Å². The third-order valence-electron chi connectivity index (χ3n) is 2.52. The van der Waals surface area contributed by atoms with Gasteiger partial charge in [0.1, 0.15) is 4.90 Å². The Kier molecular flexibility index (Phi) is 3.80. The number of hydrogen-bond donors (Lipinski definition) is 3. The minimum Gasteiger partial charge on any atom is -0.396 e. The van der Waals surface area contributed by atoms with Crippen LogP contribution in [0.3, 0.4) is 0 Å². The molecule has 0 unspecified atom stereocenters. The summed E-state index contributed by atoms with van der Waals surface area (Å²) in [5, 5.41) is 2.43. The molecule has 0 aromatic heterocycles. The summed E-state index contributed by atoms with van der Waals surface area (Å²) in [6.45, 7) is 0. The molecule has 0 atom stereocenters. The molecular weight excluding hydrogens is 313 g/mol. The van der Waals surface area contributed by atoms with Gasteiger partial charge in [0, 0.05) is 6.04 Å². The molecule has 104 valence electrons. The maximum absolute atomic E-state index is 12.0. The third-order valence-corrected chi connectivity index (χ3v) is 4.74. The normalized spacial score (nSPS) is 15.1. The third kappa shape index (κ3) is 3.23. The summed E-state index contributed by atoms with van der Waals surface area (Å²) in [6.07, 6.45) is 1.70. The van der Waals surface area contributed by atoms with Crippen molar-refractivity contribution < 1.29 is 13.2 Å². The quantitative estimate of drug-likeness (QED) is 0.737. The second kappa shape index (κ2) is 5.07. The summed E-state index contributed by atoms with van der Waals surface area (Å²) in [5.41, 5.74) is 5.50. The molecule has 0 saturated heterocycles. The lowest BCUT2D eigenvalue weighted by Crippen LogP contribution is -2.40. The zero-order valence-corrected chi connectivity index (χ0v) is 11.9. The Balaban J connectivity index is 2.23. The van der Waals surface area contributed by atoms with E-state index in [2.05, 4.69) is 5.32 Å². The van der Waals surface area contributed by atoms with Gasteiger partial charge >= 0.3 is 6.03 Å². The molecule has 1 saturated carbocycles. The maximum Gasteiger partial charge on any atom is 0.328 e. The first-order chi connectivity index (χ1) is 8.81. The molecule has 19 heavy (non-hydrogen) atoms. The monoisotopic (exact) mass is 323 g/mol. The molecular formula is C10H11Cl2N3O3S. The van der Waals surface area contributed by atoms with Crippen LogP contribution >= 0.6 is 23.2 Å². The van der Waals surface area contributed by atoms with Gasteiger partial charge in [-0.05, 0) is 25.0 Å². The topological polar surface area (TPSA) is 101 Å². The van der Waals surface area contributed by atoms with E-state index in [0.717, 1.165) is 12.8 Å². The van der Waals surface area contributed by atoms with Gasteiger partial charge in [0.2, 0.25) is 0 Å². The Morgan fingerprint density at radius 3 is 2.53 bits per heavy atom. The van der Waals surface area contributed by atoms with Crippen LogP contribution < -0.4 is 15.8 Å². The highest BCUT2D eigenvalue weighted by atomic mass is 35.5. The average Bonchev–Trinajstić information content (AvgIpc) is 3.08. The predicted molar refractivity (Wildman–Crippen MR) is 72.7 cm³/mol. The fraction of sp³-hybridized carbons (Fsp3) is 0.300. The van der Waals surface area contributed by atoms with Crippen molar-refractivity contribution in [3.63, 3.8) is 0 Å².